The van der Waals surface area contributed by atoms with Gasteiger partial charge in [-0.2, -0.15) is 11.8 Å². The molecular formula is C14H24N2S2. The number of hydrogen-bond donors (Lipinski definition) is 1. The van der Waals surface area contributed by atoms with Crippen molar-refractivity contribution in [1.82, 2.24) is 10.3 Å². The van der Waals surface area contributed by atoms with Crippen molar-refractivity contribution in [3.8, 4) is 0 Å². The Balaban J connectivity index is 2.18. The van der Waals surface area contributed by atoms with E-state index in [1.807, 2.05) is 23.1 Å². The highest BCUT2D eigenvalue weighted by Gasteiger charge is 2.34. The molecule has 1 N–H and O–H groups in total. The predicted molar refractivity (Wildman–Crippen MR) is 82.4 cm³/mol. The summed E-state index contributed by atoms with van der Waals surface area (Å²) < 4.78 is 0. The maximum atomic E-state index is 4.87. The summed E-state index contributed by atoms with van der Waals surface area (Å²) in [6.07, 6.45) is 2.35. The van der Waals surface area contributed by atoms with Crippen LogP contribution in [-0.2, 0) is 12.2 Å². The van der Waals surface area contributed by atoms with Gasteiger partial charge in [-0.15, -0.1) is 11.3 Å². The van der Waals surface area contributed by atoms with Crippen LogP contribution in [0.2, 0.25) is 0 Å². The highest BCUT2D eigenvalue weighted by Crippen LogP contribution is 2.43. The van der Waals surface area contributed by atoms with E-state index in [9.17, 15) is 0 Å². The zero-order chi connectivity index (χ0) is 13.3. The molecule has 0 radical (unpaired) electrons. The third-order valence-corrected chi connectivity index (χ3v) is 5.88. The Kier molecular flexibility index (Phi) is 4.40. The fraction of sp³-hybridized carbons (Fsp3) is 0.786. The molecule has 1 aromatic heterocycles. The molecule has 0 saturated carbocycles. The molecule has 2 nitrogen and oxygen atoms in total. The summed E-state index contributed by atoms with van der Waals surface area (Å²) in [5, 5.41) is 5.44. The zero-order valence-electron chi connectivity index (χ0n) is 12.0. The molecule has 1 aliphatic rings. The van der Waals surface area contributed by atoms with E-state index in [0.717, 1.165) is 12.2 Å². The van der Waals surface area contributed by atoms with Crippen LogP contribution in [0, 0.1) is 5.41 Å². The van der Waals surface area contributed by atoms with Gasteiger partial charge in [0.25, 0.3) is 0 Å². The van der Waals surface area contributed by atoms with E-state index in [1.54, 1.807) is 0 Å². The number of hydrogen-bond acceptors (Lipinski definition) is 4. The monoisotopic (exact) mass is 284 g/mol. The van der Waals surface area contributed by atoms with Crippen LogP contribution in [0.1, 0.15) is 55.7 Å². The Labute approximate surface area is 119 Å². The first-order valence-corrected chi connectivity index (χ1v) is 8.55. The molecular weight excluding hydrogens is 260 g/mol. The van der Waals surface area contributed by atoms with Gasteiger partial charge in [0, 0.05) is 16.7 Å². The van der Waals surface area contributed by atoms with Crippen LogP contribution < -0.4 is 5.32 Å². The first-order chi connectivity index (χ1) is 8.41. The van der Waals surface area contributed by atoms with E-state index in [1.165, 1.54) is 22.0 Å². The summed E-state index contributed by atoms with van der Waals surface area (Å²) in [5.41, 5.74) is 1.71. The number of thioether (sulfide) groups is 1. The highest BCUT2D eigenvalue weighted by molar-refractivity contribution is 7.99. The van der Waals surface area contributed by atoms with E-state index in [-0.39, 0.29) is 0 Å². The van der Waals surface area contributed by atoms with Gasteiger partial charge in [0.15, 0.2) is 0 Å². The summed E-state index contributed by atoms with van der Waals surface area (Å²) in [6.45, 7) is 9.19. The molecule has 1 aromatic rings. The summed E-state index contributed by atoms with van der Waals surface area (Å²) in [6, 6.07) is 0.499. The number of nitrogens with one attached hydrogen (secondary N) is 1. The van der Waals surface area contributed by atoms with Crippen LogP contribution in [0.5, 0.6) is 0 Å². The second-order valence-corrected chi connectivity index (χ2v) is 8.84. The normalized spacial score (nSPS) is 22.2. The van der Waals surface area contributed by atoms with E-state index < -0.39 is 0 Å². The minimum Gasteiger partial charge on any atom is -0.312 e. The van der Waals surface area contributed by atoms with Crippen molar-refractivity contribution in [2.75, 3.05) is 7.05 Å². The average molecular weight is 284 g/mol. The maximum absolute atomic E-state index is 4.87. The van der Waals surface area contributed by atoms with Crippen molar-refractivity contribution in [3.63, 3.8) is 0 Å². The standard InChI is InChI=1S/C14H24N2S2/c1-9(2)17-8-12-16-11-7-14(3,4)6-10(15-5)13(11)18-12/h9-10,15H,6-8H2,1-5H3. The Morgan fingerprint density at radius 1 is 1.50 bits per heavy atom. The van der Waals surface area contributed by atoms with Crippen molar-refractivity contribution in [2.24, 2.45) is 5.41 Å². The second-order valence-electron chi connectivity index (χ2n) is 6.16. The van der Waals surface area contributed by atoms with Crippen LogP contribution in [0.15, 0.2) is 0 Å². The van der Waals surface area contributed by atoms with Crippen LogP contribution >= 0.6 is 23.1 Å². The Bertz CT molecular complexity index is 410. The molecule has 18 heavy (non-hydrogen) atoms. The quantitative estimate of drug-likeness (QED) is 0.904. The predicted octanol–water partition coefficient (Wildman–Crippen LogP) is 4.02. The first-order valence-electron chi connectivity index (χ1n) is 6.68. The van der Waals surface area contributed by atoms with Gasteiger partial charge in [0.2, 0.25) is 0 Å². The smallest absolute Gasteiger partial charge is 0.103 e. The zero-order valence-corrected chi connectivity index (χ0v) is 13.7. The van der Waals surface area contributed by atoms with Gasteiger partial charge in [-0.05, 0) is 30.6 Å². The van der Waals surface area contributed by atoms with Crippen LogP contribution in [0.25, 0.3) is 0 Å². The lowest BCUT2D eigenvalue weighted by molar-refractivity contribution is 0.265. The maximum Gasteiger partial charge on any atom is 0.103 e. The van der Waals surface area contributed by atoms with E-state index in [2.05, 4.69) is 40.1 Å². The molecule has 102 valence electrons. The van der Waals surface area contributed by atoms with Gasteiger partial charge >= 0.3 is 0 Å². The lowest BCUT2D eigenvalue weighted by atomic mass is 9.76. The second kappa shape index (κ2) is 5.51. The van der Waals surface area contributed by atoms with Crippen molar-refractivity contribution < 1.29 is 0 Å². The lowest BCUT2D eigenvalue weighted by Gasteiger charge is -2.34. The summed E-state index contributed by atoms with van der Waals surface area (Å²) in [7, 11) is 2.07. The minimum atomic E-state index is 0.372. The molecule has 1 aliphatic carbocycles. The highest BCUT2D eigenvalue weighted by atomic mass is 32.2. The average Bonchev–Trinajstić information content (AvgIpc) is 2.66. The summed E-state index contributed by atoms with van der Waals surface area (Å²) >= 11 is 3.90. The molecule has 1 atom stereocenters. The van der Waals surface area contributed by atoms with E-state index in [4.69, 9.17) is 4.98 Å². The van der Waals surface area contributed by atoms with Crippen LogP contribution in [-0.4, -0.2) is 17.3 Å². The van der Waals surface area contributed by atoms with Crippen molar-refractivity contribution in [2.45, 2.75) is 57.6 Å². The summed E-state index contributed by atoms with van der Waals surface area (Å²) in [5.74, 6) is 1.06. The van der Waals surface area contributed by atoms with Gasteiger partial charge in [0.05, 0.1) is 5.69 Å². The molecule has 1 unspecified atom stereocenters. The number of fused-ring (bicyclic) bond motifs is 1. The Hall–Kier alpha value is -0.0600. The molecule has 0 saturated heterocycles. The van der Waals surface area contributed by atoms with Gasteiger partial charge in [-0.3, -0.25) is 0 Å². The van der Waals surface area contributed by atoms with Crippen molar-refractivity contribution in [3.05, 3.63) is 15.6 Å². The molecule has 0 fully saturated rings. The summed E-state index contributed by atoms with van der Waals surface area (Å²) in [4.78, 5) is 6.36. The van der Waals surface area contributed by atoms with E-state index >= 15 is 0 Å². The van der Waals surface area contributed by atoms with Crippen molar-refractivity contribution >= 4 is 23.1 Å². The first kappa shape index (κ1) is 14.4. The largest absolute Gasteiger partial charge is 0.312 e. The van der Waals surface area contributed by atoms with Gasteiger partial charge in [0.1, 0.15) is 5.01 Å². The lowest BCUT2D eigenvalue weighted by Crippen LogP contribution is -2.30. The van der Waals surface area contributed by atoms with Gasteiger partial charge < -0.3 is 5.32 Å². The number of rotatable bonds is 4. The van der Waals surface area contributed by atoms with Gasteiger partial charge in [-0.1, -0.05) is 27.7 Å². The van der Waals surface area contributed by atoms with E-state index in [0.29, 0.717) is 16.7 Å². The van der Waals surface area contributed by atoms with Crippen LogP contribution in [0.4, 0.5) is 0 Å². The minimum absolute atomic E-state index is 0.372. The third-order valence-electron chi connectivity index (χ3n) is 3.38. The Morgan fingerprint density at radius 3 is 2.83 bits per heavy atom. The third kappa shape index (κ3) is 3.28. The number of aromatic nitrogens is 1. The topological polar surface area (TPSA) is 24.9 Å². The fourth-order valence-corrected chi connectivity index (χ4v) is 4.49. The molecule has 0 aliphatic heterocycles. The molecule has 0 spiro atoms. The molecule has 4 heteroatoms. The number of thiazole rings is 1. The molecule has 0 amide bonds. The van der Waals surface area contributed by atoms with Gasteiger partial charge in [-0.25, -0.2) is 4.98 Å². The molecule has 0 aromatic carbocycles. The Morgan fingerprint density at radius 2 is 2.22 bits per heavy atom. The van der Waals surface area contributed by atoms with Crippen LogP contribution in [0.3, 0.4) is 0 Å². The molecule has 1 heterocycles. The van der Waals surface area contributed by atoms with Crippen molar-refractivity contribution in [1.29, 1.82) is 0 Å². The molecule has 2 rings (SSSR count). The SMILES string of the molecule is CNC1CC(C)(C)Cc2nc(CSC(C)C)sc21. The molecule has 0 bridgehead atoms. The number of nitrogens with zero attached hydrogens (tertiary/aromatic N) is 1. The fourth-order valence-electron chi connectivity index (χ4n) is 2.52.